The molecular weight excluding hydrogens is 393 g/mol. The standard InChI is InChI=1S/C19H19F3N2O5/c1-3-28-16(25)18(19(20,21)22,29-15-7-5-4-6-8-15)24-17(26)23-13-9-11-14(27-2)12-10-13/h4-12H,3H2,1-2H3,(H2,23,24,26)/t18-/m1/s1. The number of hydrogen-bond acceptors (Lipinski definition) is 5. The van der Waals surface area contributed by atoms with E-state index in [4.69, 9.17) is 9.47 Å². The van der Waals surface area contributed by atoms with E-state index in [1.165, 1.54) is 62.6 Å². The second-order valence-electron chi connectivity index (χ2n) is 5.62. The molecule has 0 spiro atoms. The molecule has 2 rings (SSSR count). The number of ether oxygens (including phenoxy) is 3. The average molecular weight is 412 g/mol. The van der Waals surface area contributed by atoms with Gasteiger partial charge in [0.05, 0.1) is 13.7 Å². The Bertz CT molecular complexity index is 828. The molecule has 0 radical (unpaired) electrons. The smallest absolute Gasteiger partial charge is 0.460 e. The highest BCUT2D eigenvalue weighted by atomic mass is 19.4. The summed E-state index contributed by atoms with van der Waals surface area (Å²) in [5.74, 6) is -1.61. The molecule has 0 heterocycles. The molecular formula is C19H19F3N2O5. The molecule has 29 heavy (non-hydrogen) atoms. The summed E-state index contributed by atoms with van der Waals surface area (Å²) in [7, 11) is 1.44. The molecule has 2 amide bonds. The van der Waals surface area contributed by atoms with Crippen molar-refractivity contribution >= 4 is 17.7 Å². The molecule has 1 atom stereocenters. The van der Waals surface area contributed by atoms with Crippen molar-refractivity contribution in [2.75, 3.05) is 19.0 Å². The normalized spacial score (nSPS) is 13.0. The number of nitrogens with one attached hydrogen (secondary N) is 2. The molecule has 0 aliphatic heterocycles. The number of alkyl halides is 3. The molecule has 156 valence electrons. The number of anilines is 1. The van der Waals surface area contributed by atoms with Crippen LogP contribution in [-0.4, -0.2) is 37.6 Å². The Morgan fingerprint density at radius 2 is 1.59 bits per heavy atom. The second-order valence-corrected chi connectivity index (χ2v) is 5.62. The predicted molar refractivity (Wildman–Crippen MR) is 97.6 cm³/mol. The van der Waals surface area contributed by atoms with Crippen LogP contribution in [0.3, 0.4) is 0 Å². The lowest BCUT2D eigenvalue weighted by Crippen LogP contribution is -2.69. The monoisotopic (exact) mass is 412 g/mol. The summed E-state index contributed by atoms with van der Waals surface area (Å²) in [5, 5.41) is 3.79. The first kappa shape index (κ1) is 21.9. The first-order valence-corrected chi connectivity index (χ1v) is 8.43. The Kier molecular flexibility index (Phi) is 6.92. The maximum absolute atomic E-state index is 13.9. The topological polar surface area (TPSA) is 85.9 Å². The van der Waals surface area contributed by atoms with E-state index in [0.717, 1.165) is 0 Å². The number of esters is 1. The molecule has 0 saturated heterocycles. The number of hydrogen-bond donors (Lipinski definition) is 2. The lowest BCUT2D eigenvalue weighted by molar-refractivity contribution is -0.259. The molecule has 10 heteroatoms. The van der Waals surface area contributed by atoms with Gasteiger partial charge in [0.25, 0.3) is 0 Å². The minimum absolute atomic E-state index is 0.169. The quantitative estimate of drug-likeness (QED) is 0.535. The fraction of sp³-hybridized carbons (Fsp3) is 0.263. The van der Waals surface area contributed by atoms with Crippen molar-refractivity contribution in [1.29, 1.82) is 0 Å². The van der Waals surface area contributed by atoms with Crippen molar-refractivity contribution in [3.63, 3.8) is 0 Å². The summed E-state index contributed by atoms with van der Waals surface area (Å²) in [6.45, 7) is 0.982. The summed E-state index contributed by atoms with van der Waals surface area (Å²) >= 11 is 0. The molecule has 2 N–H and O–H groups in total. The SMILES string of the molecule is CCOC(=O)[C@@](NC(=O)Nc1ccc(OC)cc1)(Oc1ccccc1)C(F)(F)F. The Morgan fingerprint density at radius 1 is 0.966 bits per heavy atom. The number of halogens is 3. The molecule has 0 aromatic heterocycles. The van der Waals surface area contributed by atoms with Crippen LogP contribution in [0.2, 0.25) is 0 Å². The van der Waals surface area contributed by atoms with Crippen LogP contribution in [0, 0.1) is 0 Å². The molecule has 2 aromatic carbocycles. The zero-order chi connectivity index (χ0) is 21.5. The fourth-order valence-corrected chi connectivity index (χ4v) is 2.26. The maximum Gasteiger partial charge on any atom is 0.460 e. The lowest BCUT2D eigenvalue weighted by atomic mass is 10.2. The molecule has 0 unspecified atom stereocenters. The van der Waals surface area contributed by atoms with Crippen LogP contribution in [0.15, 0.2) is 54.6 Å². The lowest BCUT2D eigenvalue weighted by Gasteiger charge is -2.33. The van der Waals surface area contributed by atoms with Gasteiger partial charge < -0.3 is 19.5 Å². The van der Waals surface area contributed by atoms with Crippen molar-refractivity contribution in [3.05, 3.63) is 54.6 Å². The highest BCUT2D eigenvalue weighted by Gasteiger charge is 2.66. The molecule has 0 fully saturated rings. The Labute approximate surface area is 164 Å². The number of amides is 2. The van der Waals surface area contributed by atoms with Crippen LogP contribution in [0.4, 0.5) is 23.7 Å². The van der Waals surface area contributed by atoms with E-state index in [-0.39, 0.29) is 18.0 Å². The van der Waals surface area contributed by atoms with Crippen LogP contribution in [-0.2, 0) is 9.53 Å². The average Bonchev–Trinajstić information content (AvgIpc) is 2.68. The molecule has 0 bridgehead atoms. The van der Waals surface area contributed by atoms with Crippen LogP contribution in [0.1, 0.15) is 6.92 Å². The van der Waals surface area contributed by atoms with E-state index in [1.807, 2.05) is 0 Å². The van der Waals surface area contributed by atoms with Crippen molar-refractivity contribution in [1.82, 2.24) is 5.32 Å². The van der Waals surface area contributed by atoms with Crippen LogP contribution >= 0.6 is 0 Å². The van der Waals surface area contributed by atoms with Gasteiger partial charge in [-0.3, -0.25) is 5.32 Å². The van der Waals surface area contributed by atoms with Crippen LogP contribution in [0.25, 0.3) is 0 Å². The molecule has 2 aromatic rings. The Hall–Kier alpha value is -3.43. The van der Waals surface area contributed by atoms with E-state index in [2.05, 4.69) is 10.1 Å². The van der Waals surface area contributed by atoms with Crippen molar-refractivity contribution in [2.45, 2.75) is 18.8 Å². The molecule has 0 saturated carbocycles. The second kappa shape index (κ2) is 9.18. The summed E-state index contributed by atoms with van der Waals surface area (Å²) < 4.78 is 56.3. The van der Waals surface area contributed by atoms with Crippen molar-refractivity contribution in [2.24, 2.45) is 0 Å². The van der Waals surface area contributed by atoms with Gasteiger partial charge in [0.1, 0.15) is 11.5 Å². The summed E-state index contributed by atoms with van der Waals surface area (Å²) in [5.41, 5.74) is -3.58. The zero-order valence-corrected chi connectivity index (χ0v) is 15.6. The summed E-state index contributed by atoms with van der Waals surface area (Å²) in [6.07, 6.45) is -5.33. The first-order valence-electron chi connectivity index (χ1n) is 8.43. The number of methoxy groups -OCH3 is 1. The van der Waals surface area contributed by atoms with E-state index >= 15 is 0 Å². The van der Waals surface area contributed by atoms with Crippen molar-refractivity contribution in [3.8, 4) is 11.5 Å². The van der Waals surface area contributed by atoms with Gasteiger partial charge in [0.15, 0.2) is 0 Å². The van der Waals surface area contributed by atoms with Gasteiger partial charge >= 0.3 is 23.9 Å². The van der Waals surface area contributed by atoms with Gasteiger partial charge in [-0.1, -0.05) is 18.2 Å². The third kappa shape index (κ3) is 5.31. The maximum atomic E-state index is 13.9. The number of rotatable bonds is 7. The number of carbonyl (C=O) groups is 2. The Morgan fingerprint density at radius 3 is 2.10 bits per heavy atom. The van der Waals surface area contributed by atoms with Gasteiger partial charge in [-0.15, -0.1) is 0 Å². The van der Waals surface area contributed by atoms with Gasteiger partial charge in [-0.2, -0.15) is 13.2 Å². The summed E-state index contributed by atoms with van der Waals surface area (Å²) in [4.78, 5) is 24.5. The molecule has 0 aliphatic carbocycles. The third-order valence-electron chi connectivity index (χ3n) is 3.61. The van der Waals surface area contributed by atoms with Crippen LogP contribution < -0.4 is 20.1 Å². The van der Waals surface area contributed by atoms with Crippen LogP contribution in [0.5, 0.6) is 11.5 Å². The van der Waals surface area contributed by atoms with Gasteiger partial charge in [0, 0.05) is 5.69 Å². The molecule has 7 nitrogen and oxygen atoms in total. The van der Waals surface area contributed by atoms with Gasteiger partial charge in [0.2, 0.25) is 0 Å². The number of carbonyl (C=O) groups excluding carboxylic acids is 2. The van der Waals surface area contributed by atoms with E-state index in [9.17, 15) is 22.8 Å². The highest BCUT2D eigenvalue weighted by Crippen LogP contribution is 2.34. The number of para-hydroxylation sites is 1. The minimum atomic E-state index is -5.33. The highest BCUT2D eigenvalue weighted by molar-refractivity contribution is 5.94. The molecule has 0 aliphatic rings. The predicted octanol–water partition coefficient (Wildman–Crippen LogP) is 3.72. The number of urea groups is 1. The largest absolute Gasteiger partial charge is 0.497 e. The Balaban J connectivity index is 2.33. The zero-order valence-electron chi connectivity index (χ0n) is 15.6. The minimum Gasteiger partial charge on any atom is -0.497 e. The first-order chi connectivity index (χ1) is 13.7. The van der Waals surface area contributed by atoms with E-state index in [1.54, 1.807) is 11.4 Å². The van der Waals surface area contributed by atoms with Gasteiger partial charge in [-0.05, 0) is 43.3 Å². The number of benzene rings is 2. The van der Waals surface area contributed by atoms with E-state index in [0.29, 0.717) is 5.75 Å². The fourth-order valence-electron chi connectivity index (χ4n) is 2.26. The van der Waals surface area contributed by atoms with E-state index < -0.39 is 23.9 Å². The van der Waals surface area contributed by atoms with Gasteiger partial charge in [-0.25, -0.2) is 9.59 Å². The summed E-state index contributed by atoms with van der Waals surface area (Å²) in [6, 6.07) is 11.3. The third-order valence-corrected chi connectivity index (χ3v) is 3.61. The van der Waals surface area contributed by atoms with Crippen molar-refractivity contribution < 1.29 is 37.0 Å².